The molecule has 110 valence electrons. The predicted molar refractivity (Wildman–Crippen MR) is 91.2 cm³/mol. The lowest BCUT2D eigenvalue weighted by molar-refractivity contribution is 0.314. The largest absolute Gasteiger partial charge is 0.303 e. The van der Waals surface area contributed by atoms with Gasteiger partial charge in [0.25, 0.3) is 0 Å². The highest BCUT2D eigenvalue weighted by atomic mass is 32.2. The van der Waals surface area contributed by atoms with Gasteiger partial charge >= 0.3 is 0 Å². The van der Waals surface area contributed by atoms with Gasteiger partial charge in [0, 0.05) is 12.3 Å². The third kappa shape index (κ3) is 7.30. The molecule has 0 aromatic carbocycles. The van der Waals surface area contributed by atoms with Gasteiger partial charge in [-0.2, -0.15) is 24.4 Å². The maximum atomic E-state index is 4.63. The topological polar surface area (TPSA) is 3.24 Å². The first-order valence-corrected chi connectivity index (χ1v) is 9.37. The molecule has 0 fully saturated rings. The zero-order valence-corrected chi connectivity index (χ0v) is 14.6. The monoisotopic (exact) mass is 291 g/mol. The minimum Gasteiger partial charge on any atom is -0.303 e. The zero-order chi connectivity index (χ0) is 13.9. The molecule has 0 radical (unpaired) electrons. The summed E-state index contributed by atoms with van der Waals surface area (Å²) in [5.74, 6) is 3.61. The second-order valence-electron chi connectivity index (χ2n) is 5.24. The Morgan fingerprint density at radius 1 is 1.00 bits per heavy atom. The van der Waals surface area contributed by atoms with Crippen LogP contribution in [-0.4, -0.2) is 41.8 Å². The normalized spacial score (nSPS) is 12.3. The van der Waals surface area contributed by atoms with E-state index in [4.69, 9.17) is 0 Å². The molecule has 0 heterocycles. The van der Waals surface area contributed by atoms with Crippen LogP contribution < -0.4 is 0 Å². The van der Waals surface area contributed by atoms with Crippen LogP contribution in [0.1, 0.15) is 53.4 Å². The average molecular weight is 292 g/mol. The molecule has 0 spiro atoms. The van der Waals surface area contributed by atoms with Crippen LogP contribution in [0.15, 0.2) is 0 Å². The van der Waals surface area contributed by atoms with Gasteiger partial charge in [0.15, 0.2) is 0 Å². The van der Waals surface area contributed by atoms with Crippen molar-refractivity contribution in [1.29, 1.82) is 0 Å². The lowest BCUT2D eigenvalue weighted by Crippen LogP contribution is -2.28. The van der Waals surface area contributed by atoms with Gasteiger partial charge in [0.05, 0.1) is 0 Å². The molecule has 0 aliphatic heterocycles. The quantitative estimate of drug-likeness (QED) is 0.414. The SMILES string of the molecule is CCCC(CS)(CCC)CSCCN(CC)CC. The molecule has 0 bridgehead atoms. The summed E-state index contributed by atoms with van der Waals surface area (Å²) in [5.41, 5.74) is 0.487. The fourth-order valence-electron chi connectivity index (χ4n) is 2.56. The van der Waals surface area contributed by atoms with Crippen LogP contribution >= 0.6 is 24.4 Å². The summed E-state index contributed by atoms with van der Waals surface area (Å²) in [5, 5.41) is 0. The molecule has 0 aromatic heterocycles. The summed E-state index contributed by atoms with van der Waals surface area (Å²) >= 11 is 6.76. The van der Waals surface area contributed by atoms with Crippen LogP contribution in [0.2, 0.25) is 0 Å². The van der Waals surface area contributed by atoms with Crippen molar-refractivity contribution in [2.45, 2.75) is 53.4 Å². The third-order valence-electron chi connectivity index (χ3n) is 3.75. The van der Waals surface area contributed by atoms with Gasteiger partial charge in [-0.05, 0) is 42.9 Å². The molecule has 0 amide bonds. The molecule has 18 heavy (non-hydrogen) atoms. The first-order chi connectivity index (χ1) is 8.67. The zero-order valence-electron chi connectivity index (χ0n) is 12.9. The standard InChI is InChI=1S/C15H33NS2/c1-5-9-15(13-17,10-6-2)14-18-12-11-16(7-3)8-4/h17H,5-14H2,1-4H3. The maximum absolute atomic E-state index is 4.63. The lowest BCUT2D eigenvalue weighted by Gasteiger charge is -2.32. The van der Waals surface area contributed by atoms with Gasteiger partial charge in [0.2, 0.25) is 0 Å². The van der Waals surface area contributed by atoms with Crippen LogP contribution in [0.25, 0.3) is 0 Å². The minimum absolute atomic E-state index is 0.487. The van der Waals surface area contributed by atoms with Gasteiger partial charge in [-0.3, -0.25) is 0 Å². The van der Waals surface area contributed by atoms with Gasteiger partial charge in [-0.1, -0.05) is 40.5 Å². The number of thioether (sulfide) groups is 1. The predicted octanol–water partition coefficient (Wildman–Crippen LogP) is 4.58. The third-order valence-corrected chi connectivity index (χ3v) is 5.71. The van der Waals surface area contributed by atoms with Crippen LogP contribution in [0, 0.1) is 5.41 Å². The summed E-state index contributed by atoms with van der Waals surface area (Å²) in [4.78, 5) is 2.51. The molecule has 0 saturated carbocycles. The smallest absolute Gasteiger partial charge is 0.00721 e. The number of hydrogen-bond acceptors (Lipinski definition) is 3. The van der Waals surface area contributed by atoms with Crippen LogP contribution in [0.3, 0.4) is 0 Å². The highest BCUT2D eigenvalue weighted by Gasteiger charge is 2.26. The molecule has 0 aromatic rings. The van der Waals surface area contributed by atoms with E-state index in [1.807, 2.05) is 0 Å². The molecular formula is C15H33NS2. The molecule has 0 saturated heterocycles. The van der Waals surface area contributed by atoms with Crippen molar-refractivity contribution in [3.8, 4) is 0 Å². The molecule has 0 atom stereocenters. The highest BCUT2D eigenvalue weighted by molar-refractivity contribution is 7.99. The van der Waals surface area contributed by atoms with Gasteiger partial charge in [-0.15, -0.1) is 0 Å². The molecular weight excluding hydrogens is 258 g/mol. The van der Waals surface area contributed by atoms with Crippen molar-refractivity contribution in [3.63, 3.8) is 0 Å². The molecule has 0 aliphatic carbocycles. The second kappa shape index (κ2) is 11.5. The van der Waals surface area contributed by atoms with Crippen molar-refractivity contribution in [2.75, 3.05) is 36.9 Å². The van der Waals surface area contributed by atoms with E-state index in [-0.39, 0.29) is 0 Å². The Labute approximate surface area is 125 Å². The molecule has 1 nitrogen and oxygen atoms in total. The van der Waals surface area contributed by atoms with Crippen molar-refractivity contribution in [1.82, 2.24) is 4.90 Å². The first-order valence-electron chi connectivity index (χ1n) is 7.58. The van der Waals surface area contributed by atoms with Gasteiger partial charge in [0.1, 0.15) is 0 Å². The highest BCUT2D eigenvalue weighted by Crippen LogP contribution is 2.34. The minimum atomic E-state index is 0.487. The average Bonchev–Trinajstić information content (AvgIpc) is 2.39. The second-order valence-corrected chi connectivity index (χ2v) is 6.66. The van der Waals surface area contributed by atoms with E-state index in [0.29, 0.717) is 5.41 Å². The maximum Gasteiger partial charge on any atom is 0.00721 e. The Bertz CT molecular complexity index is 175. The van der Waals surface area contributed by atoms with E-state index in [1.165, 1.54) is 56.8 Å². The Hall–Kier alpha value is 0.660. The molecule has 0 N–H and O–H groups in total. The van der Waals surface area contributed by atoms with Crippen molar-refractivity contribution >= 4 is 24.4 Å². The fourth-order valence-corrected chi connectivity index (χ4v) is 4.49. The fraction of sp³-hybridized carbons (Fsp3) is 1.00. The van der Waals surface area contributed by atoms with Gasteiger partial charge in [-0.25, -0.2) is 0 Å². The van der Waals surface area contributed by atoms with E-state index in [9.17, 15) is 0 Å². The summed E-state index contributed by atoms with van der Waals surface area (Å²) in [6.07, 6.45) is 5.25. The Balaban J connectivity index is 4.02. The van der Waals surface area contributed by atoms with E-state index in [1.54, 1.807) is 0 Å². The summed E-state index contributed by atoms with van der Waals surface area (Å²) in [7, 11) is 0. The van der Waals surface area contributed by atoms with E-state index >= 15 is 0 Å². The molecule has 3 heteroatoms. The Kier molecular flexibility index (Phi) is 11.9. The molecule has 0 rings (SSSR count). The Morgan fingerprint density at radius 3 is 1.94 bits per heavy atom. The number of rotatable bonds is 12. The van der Waals surface area contributed by atoms with Crippen LogP contribution in [0.4, 0.5) is 0 Å². The van der Waals surface area contributed by atoms with Crippen LogP contribution in [-0.2, 0) is 0 Å². The number of thiol groups is 1. The number of nitrogens with zero attached hydrogens (tertiary/aromatic N) is 1. The van der Waals surface area contributed by atoms with Crippen LogP contribution in [0.5, 0.6) is 0 Å². The molecule has 0 aliphatic rings. The van der Waals surface area contributed by atoms with E-state index in [2.05, 4.69) is 57.0 Å². The summed E-state index contributed by atoms with van der Waals surface area (Å²) in [6, 6.07) is 0. The van der Waals surface area contributed by atoms with Crippen molar-refractivity contribution < 1.29 is 0 Å². The van der Waals surface area contributed by atoms with E-state index in [0.717, 1.165) is 5.75 Å². The summed E-state index contributed by atoms with van der Waals surface area (Å²) in [6.45, 7) is 12.7. The van der Waals surface area contributed by atoms with Gasteiger partial charge < -0.3 is 4.90 Å². The van der Waals surface area contributed by atoms with Crippen molar-refractivity contribution in [2.24, 2.45) is 5.41 Å². The number of hydrogen-bond donors (Lipinski definition) is 1. The van der Waals surface area contributed by atoms with Crippen molar-refractivity contribution in [3.05, 3.63) is 0 Å². The summed E-state index contributed by atoms with van der Waals surface area (Å²) < 4.78 is 0. The Morgan fingerprint density at radius 2 is 1.56 bits per heavy atom. The molecule has 0 unspecified atom stereocenters. The first kappa shape index (κ1) is 18.7. The lowest BCUT2D eigenvalue weighted by atomic mass is 9.83. The van der Waals surface area contributed by atoms with E-state index < -0.39 is 0 Å².